The van der Waals surface area contributed by atoms with Gasteiger partial charge in [-0.25, -0.2) is 4.98 Å². The summed E-state index contributed by atoms with van der Waals surface area (Å²) < 4.78 is 4.89. The molecule has 6 nitrogen and oxygen atoms in total. The minimum absolute atomic E-state index is 0.121. The van der Waals surface area contributed by atoms with E-state index in [-0.39, 0.29) is 12.5 Å². The van der Waals surface area contributed by atoms with Crippen molar-refractivity contribution in [2.45, 2.75) is 25.7 Å². The number of nitrogens with one attached hydrogen (secondary N) is 2. The van der Waals surface area contributed by atoms with Crippen LogP contribution in [-0.2, 0) is 9.53 Å². The van der Waals surface area contributed by atoms with Gasteiger partial charge in [-0.05, 0) is 44.1 Å². The zero-order valence-corrected chi connectivity index (χ0v) is 14.6. The summed E-state index contributed by atoms with van der Waals surface area (Å²) in [6.07, 6.45) is 1.97. The summed E-state index contributed by atoms with van der Waals surface area (Å²) in [5.74, 6) is 1.19. The molecule has 1 aromatic heterocycles. The van der Waals surface area contributed by atoms with Crippen LogP contribution >= 0.6 is 12.2 Å². The van der Waals surface area contributed by atoms with Crippen molar-refractivity contribution in [1.82, 2.24) is 20.2 Å². The van der Waals surface area contributed by atoms with E-state index in [9.17, 15) is 4.79 Å². The van der Waals surface area contributed by atoms with Crippen molar-refractivity contribution in [2.24, 2.45) is 0 Å². The van der Waals surface area contributed by atoms with Crippen molar-refractivity contribution in [2.75, 3.05) is 26.2 Å². The molecule has 1 aliphatic heterocycles. The first-order chi connectivity index (χ1) is 11.7. The molecule has 0 atom stereocenters. The van der Waals surface area contributed by atoms with Gasteiger partial charge in [0.05, 0.1) is 17.6 Å². The average Bonchev–Trinajstić information content (AvgIpc) is 3.04. The number of imidazole rings is 1. The van der Waals surface area contributed by atoms with Crippen molar-refractivity contribution in [3.63, 3.8) is 0 Å². The Labute approximate surface area is 146 Å². The molecule has 2 N–H and O–H groups in total. The van der Waals surface area contributed by atoms with Gasteiger partial charge in [0.25, 0.3) is 0 Å². The molecule has 2 aromatic rings. The highest BCUT2D eigenvalue weighted by molar-refractivity contribution is 7.80. The maximum Gasteiger partial charge on any atom is 0.325 e. The number of hydrogen-bond acceptors (Lipinski definition) is 4. The monoisotopic (exact) mass is 346 g/mol. The summed E-state index contributed by atoms with van der Waals surface area (Å²) in [5, 5.41) is 3.59. The lowest BCUT2D eigenvalue weighted by Crippen LogP contribution is -2.45. The lowest BCUT2D eigenvalue weighted by atomic mass is 9.96. The number of rotatable bonds is 4. The number of aromatic amines is 1. The fourth-order valence-electron chi connectivity index (χ4n) is 2.99. The van der Waals surface area contributed by atoms with E-state index in [0.29, 0.717) is 17.6 Å². The third-order valence-corrected chi connectivity index (χ3v) is 4.67. The van der Waals surface area contributed by atoms with Crippen LogP contribution in [0.15, 0.2) is 24.3 Å². The van der Waals surface area contributed by atoms with E-state index < -0.39 is 0 Å². The van der Waals surface area contributed by atoms with Crippen LogP contribution in [0.2, 0.25) is 0 Å². The van der Waals surface area contributed by atoms with Gasteiger partial charge in [0.2, 0.25) is 0 Å². The molecule has 1 fully saturated rings. The quantitative estimate of drug-likeness (QED) is 0.653. The number of likely N-dealkylation sites (tertiary alicyclic amines) is 1. The van der Waals surface area contributed by atoms with E-state index in [1.54, 1.807) is 6.92 Å². The third kappa shape index (κ3) is 3.84. The summed E-state index contributed by atoms with van der Waals surface area (Å²) in [5.41, 5.74) is 2.10. The Morgan fingerprint density at radius 2 is 2.17 bits per heavy atom. The minimum Gasteiger partial charge on any atom is -0.465 e. The molecule has 0 aliphatic carbocycles. The number of para-hydroxylation sites is 2. The molecule has 0 saturated carbocycles. The minimum atomic E-state index is -0.281. The number of fused-ring (bicyclic) bond motifs is 1. The molecule has 3 rings (SSSR count). The molecule has 0 amide bonds. The van der Waals surface area contributed by atoms with Gasteiger partial charge in [-0.2, -0.15) is 0 Å². The van der Waals surface area contributed by atoms with Gasteiger partial charge in [0.1, 0.15) is 12.4 Å². The molecule has 0 unspecified atom stereocenters. The number of ether oxygens (including phenoxy) is 1. The predicted molar refractivity (Wildman–Crippen MR) is 96.9 cm³/mol. The van der Waals surface area contributed by atoms with Gasteiger partial charge in [0, 0.05) is 19.0 Å². The average molecular weight is 346 g/mol. The smallest absolute Gasteiger partial charge is 0.325 e. The van der Waals surface area contributed by atoms with E-state index in [0.717, 1.165) is 42.8 Å². The normalized spacial score (nSPS) is 15.5. The highest BCUT2D eigenvalue weighted by Crippen LogP contribution is 2.27. The Balaban J connectivity index is 1.51. The Morgan fingerprint density at radius 3 is 2.88 bits per heavy atom. The zero-order valence-electron chi connectivity index (χ0n) is 13.7. The van der Waals surface area contributed by atoms with Crippen LogP contribution in [-0.4, -0.2) is 52.2 Å². The van der Waals surface area contributed by atoms with Gasteiger partial charge in [-0.3, -0.25) is 4.79 Å². The molecular formula is C17H22N4O2S. The number of piperidine rings is 1. The maximum atomic E-state index is 11.4. The SMILES string of the molecule is CCOC(=O)CNC(=S)N1CCC(c2nc3ccccc3[nH]2)CC1. The number of carbonyl (C=O) groups excluding carboxylic acids is 1. The molecule has 7 heteroatoms. The molecule has 0 spiro atoms. The molecule has 128 valence electrons. The molecule has 0 radical (unpaired) electrons. The lowest BCUT2D eigenvalue weighted by Gasteiger charge is -2.33. The Hall–Kier alpha value is -2.15. The number of H-pyrrole nitrogens is 1. The van der Waals surface area contributed by atoms with Crippen molar-refractivity contribution < 1.29 is 9.53 Å². The summed E-state index contributed by atoms with van der Waals surface area (Å²) in [7, 11) is 0. The first kappa shape index (κ1) is 16.7. The molecular weight excluding hydrogens is 324 g/mol. The summed E-state index contributed by atoms with van der Waals surface area (Å²) in [6.45, 7) is 4.01. The third-order valence-electron chi connectivity index (χ3n) is 4.27. The lowest BCUT2D eigenvalue weighted by molar-refractivity contribution is -0.141. The van der Waals surface area contributed by atoms with Crippen LogP contribution in [0.3, 0.4) is 0 Å². The van der Waals surface area contributed by atoms with Gasteiger partial charge in [0.15, 0.2) is 5.11 Å². The molecule has 1 aromatic carbocycles. The molecule has 24 heavy (non-hydrogen) atoms. The number of esters is 1. The fraction of sp³-hybridized carbons (Fsp3) is 0.471. The maximum absolute atomic E-state index is 11.4. The van der Waals surface area contributed by atoms with Gasteiger partial charge >= 0.3 is 5.97 Å². The Bertz CT molecular complexity index is 689. The summed E-state index contributed by atoms with van der Waals surface area (Å²) in [4.78, 5) is 21.6. The molecule has 0 bridgehead atoms. The van der Waals surface area contributed by atoms with Gasteiger partial charge in [-0.15, -0.1) is 0 Å². The first-order valence-corrected chi connectivity index (χ1v) is 8.71. The number of hydrogen-bond donors (Lipinski definition) is 2. The van der Waals surface area contributed by atoms with E-state index in [4.69, 9.17) is 21.9 Å². The molecule has 1 saturated heterocycles. The van der Waals surface area contributed by atoms with Crippen molar-refractivity contribution in [3.8, 4) is 0 Å². The number of nitrogens with zero attached hydrogens (tertiary/aromatic N) is 2. The number of carbonyl (C=O) groups is 1. The summed E-state index contributed by atoms with van der Waals surface area (Å²) >= 11 is 5.37. The van der Waals surface area contributed by atoms with Crippen LogP contribution in [0.25, 0.3) is 11.0 Å². The number of benzene rings is 1. The molecule has 1 aliphatic rings. The fourth-order valence-corrected chi connectivity index (χ4v) is 3.25. The largest absolute Gasteiger partial charge is 0.465 e. The first-order valence-electron chi connectivity index (χ1n) is 8.30. The second-order valence-electron chi connectivity index (χ2n) is 5.86. The molecule has 2 heterocycles. The van der Waals surface area contributed by atoms with Crippen LogP contribution in [0.1, 0.15) is 31.5 Å². The highest BCUT2D eigenvalue weighted by Gasteiger charge is 2.24. The van der Waals surface area contributed by atoms with Crippen LogP contribution in [0.5, 0.6) is 0 Å². The number of thiocarbonyl (C=S) groups is 1. The summed E-state index contributed by atoms with van der Waals surface area (Å²) in [6, 6.07) is 8.10. The second kappa shape index (κ2) is 7.61. The van der Waals surface area contributed by atoms with Crippen LogP contribution < -0.4 is 5.32 Å². The highest BCUT2D eigenvalue weighted by atomic mass is 32.1. The predicted octanol–water partition coefficient (Wildman–Crippen LogP) is 2.18. The van der Waals surface area contributed by atoms with Crippen LogP contribution in [0, 0.1) is 0 Å². The van der Waals surface area contributed by atoms with E-state index >= 15 is 0 Å². The second-order valence-corrected chi connectivity index (χ2v) is 6.25. The topological polar surface area (TPSA) is 70.2 Å². The van der Waals surface area contributed by atoms with E-state index in [2.05, 4.69) is 21.3 Å². The van der Waals surface area contributed by atoms with Gasteiger partial charge < -0.3 is 19.9 Å². The van der Waals surface area contributed by atoms with Crippen molar-refractivity contribution in [1.29, 1.82) is 0 Å². The van der Waals surface area contributed by atoms with Crippen LogP contribution in [0.4, 0.5) is 0 Å². The van der Waals surface area contributed by atoms with Gasteiger partial charge in [-0.1, -0.05) is 12.1 Å². The zero-order chi connectivity index (χ0) is 16.9. The van der Waals surface area contributed by atoms with E-state index in [1.165, 1.54) is 0 Å². The van der Waals surface area contributed by atoms with Crippen molar-refractivity contribution >= 4 is 34.3 Å². The Kier molecular flexibility index (Phi) is 5.30. The van der Waals surface area contributed by atoms with Crippen molar-refractivity contribution in [3.05, 3.63) is 30.1 Å². The standard InChI is InChI=1S/C17H22N4O2S/c1-2-23-15(22)11-18-17(24)21-9-7-12(8-10-21)16-19-13-5-3-4-6-14(13)20-16/h3-6,12H,2,7-11H2,1H3,(H,18,24)(H,19,20). The van der Waals surface area contributed by atoms with E-state index in [1.807, 2.05) is 18.2 Å². The Morgan fingerprint density at radius 1 is 1.42 bits per heavy atom. The number of aromatic nitrogens is 2.